The predicted octanol–water partition coefficient (Wildman–Crippen LogP) is 3.78. The molecule has 0 amide bonds. The molecule has 2 aliphatic rings. The summed E-state index contributed by atoms with van der Waals surface area (Å²) in [5.41, 5.74) is 2.29. The number of nitrogens with one attached hydrogen (secondary N) is 1. The third-order valence-electron chi connectivity index (χ3n) is 4.12. The van der Waals surface area contributed by atoms with Crippen LogP contribution < -0.4 is 14.8 Å². The number of benzene rings is 1. The van der Waals surface area contributed by atoms with Gasteiger partial charge in [0.2, 0.25) is 6.79 Å². The van der Waals surface area contributed by atoms with E-state index in [4.69, 9.17) is 13.9 Å². The monoisotopic (exact) mass is 287 g/mol. The molecule has 1 N–H and O–H groups in total. The maximum atomic E-state index is 6.11. The maximum absolute atomic E-state index is 6.11. The number of hydrogen-bond donors (Lipinski definition) is 1. The molecule has 1 saturated carbocycles. The molecule has 1 aromatic carbocycles. The summed E-state index contributed by atoms with van der Waals surface area (Å²) in [7, 11) is 0. The zero-order valence-electron chi connectivity index (χ0n) is 12.6. The van der Waals surface area contributed by atoms with Crippen LogP contribution in [-0.2, 0) is 6.54 Å². The van der Waals surface area contributed by atoms with Crippen molar-refractivity contribution in [3.05, 3.63) is 23.5 Å². The van der Waals surface area contributed by atoms with Crippen LogP contribution in [0.1, 0.15) is 43.9 Å². The van der Waals surface area contributed by atoms with Crippen LogP contribution in [-0.4, -0.2) is 13.3 Å². The molecular formula is C17H21NO3. The maximum Gasteiger partial charge on any atom is 0.231 e. The molecule has 1 aliphatic heterocycles. The Hall–Kier alpha value is -1.68. The fraction of sp³-hybridized carbons (Fsp3) is 0.529. The van der Waals surface area contributed by atoms with E-state index in [0.29, 0.717) is 18.6 Å². The lowest BCUT2D eigenvalue weighted by atomic mass is 10.1. The highest BCUT2D eigenvalue weighted by Gasteiger charge is 2.32. The summed E-state index contributed by atoms with van der Waals surface area (Å²) in [6.45, 7) is 6.54. The van der Waals surface area contributed by atoms with Crippen molar-refractivity contribution in [2.45, 2.75) is 39.2 Å². The molecule has 0 bridgehead atoms. The second-order valence-electron chi connectivity index (χ2n) is 6.44. The van der Waals surface area contributed by atoms with E-state index in [1.54, 1.807) is 0 Å². The van der Waals surface area contributed by atoms with Gasteiger partial charge in [0, 0.05) is 17.0 Å². The molecule has 2 aromatic rings. The Bertz CT molecular complexity index is 670. The molecule has 112 valence electrons. The average Bonchev–Trinajstić information content (AvgIpc) is 3.07. The largest absolute Gasteiger partial charge is 0.459 e. The smallest absolute Gasteiger partial charge is 0.231 e. The Morgan fingerprint density at radius 1 is 1.19 bits per heavy atom. The van der Waals surface area contributed by atoms with Crippen molar-refractivity contribution >= 4 is 11.0 Å². The standard InChI is InChI=1S/C17H21NO3/c1-10(2)7-18-8-16-17(11-3-4-11)12-5-14-15(20-9-19-14)6-13(12)21-16/h5-6,10-11,18H,3-4,7-9H2,1-2H3. The minimum Gasteiger partial charge on any atom is -0.459 e. The molecular weight excluding hydrogens is 266 g/mol. The zero-order chi connectivity index (χ0) is 14.4. The third-order valence-corrected chi connectivity index (χ3v) is 4.12. The van der Waals surface area contributed by atoms with Crippen LogP contribution in [0.3, 0.4) is 0 Å². The lowest BCUT2D eigenvalue weighted by Crippen LogP contribution is -2.19. The van der Waals surface area contributed by atoms with Gasteiger partial charge in [0.1, 0.15) is 11.3 Å². The van der Waals surface area contributed by atoms with E-state index in [2.05, 4.69) is 25.2 Å². The lowest BCUT2D eigenvalue weighted by molar-refractivity contribution is 0.174. The van der Waals surface area contributed by atoms with E-state index in [1.165, 1.54) is 23.8 Å². The summed E-state index contributed by atoms with van der Waals surface area (Å²) in [4.78, 5) is 0. The van der Waals surface area contributed by atoms with Crippen LogP contribution in [0.4, 0.5) is 0 Å². The molecule has 0 spiro atoms. The Morgan fingerprint density at radius 3 is 2.67 bits per heavy atom. The Labute approximate surface area is 124 Å². The van der Waals surface area contributed by atoms with E-state index in [1.807, 2.05) is 6.07 Å². The summed E-state index contributed by atoms with van der Waals surface area (Å²) in [5, 5.41) is 4.68. The number of furan rings is 1. The van der Waals surface area contributed by atoms with Gasteiger partial charge < -0.3 is 19.2 Å². The van der Waals surface area contributed by atoms with Crippen molar-refractivity contribution in [1.82, 2.24) is 5.32 Å². The normalized spacial score (nSPS) is 17.1. The fourth-order valence-corrected chi connectivity index (χ4v) is 2.98. The predicted molar refractivity (Wildman–Crippen MR) is 80.9 cm³/mol. The summed E-state index contributed by atoms with van der Waals surface area (Å²) in [5.74, 6) is 4.01. The molecule has 2 heterocycles. The lowest BCUT2D eigenvalue weighted by Gasteiger charge is -2.07. The molecule has 0 atom stereocenters. The second kappa shape index (κ2) is 4.95. The van der Waals surface area contributed by atoms with Crippen molar-refractivity contribution in [2.24, 2.45) is 5.92 Å². The quantitative estimate of drug-likeness (QED) is 0.908. The highest BCUT2D eigenvalue weighted by Crippen LogP contribution is 2.48. The first-order valence-corrected chi connectivity index (χ1v) is 7.78. The fourth-order valence-electron chi connectivity index (χ4n) is 2.98. The van der Waals surface area contributed by atoms with Crippen molar-refractivity contribution in [3.8, 4) is 11.5 Å². The molecule has 4 heteroatoms. The minimum atomic E-state index is 0.309. The van der Waals surface area contributed by atoms with Gasteiger partial charge in [0.25, 0.3) is 0 Å². The van der Waals surface area contributed by atoms with Crippen molar-refractivity contribution in [1.29, 1.82) is 0 Å². The zero-order valence-corrected chi connectivity index (χ0v) is 12.6. The van der Waals surface area contributed by atoms with Crippen LogP contribution in [0.15, 0.2) is 16.5 Å². The first kappa shape index (κ1) is 13.0. The van der Waals surface area contributed by atoms with Crippen LogP contribution in [0, 0.1) is 5.92 Å². The third kappa shape index (κ3) is 2.38. The number of hydrogen-bond acceptors (Lipinski definition) is 4. The Morgan fingerprint density at radius 2 is 1.95 bits per heavy atom. The van der Waals surface area contributed by atoms with Gasteiger partial charge in [-0.3, -0.25) is 0 Å². The first-order chi connectivity index (χ1) is 10.2. The second-order valence-corrected chi connectivity index (χ2v) is 6.44. The summed E-state index contributed by atoms with van der Waals surface area (Å²) >= 11 is 0. The van der Waals surface area contributed by atoms with E-state index in [0.717, 1.165) is 35.9 Å². The van der Waals surface area contributed by atoms with Crippen molar-refractivity contribution in [2.75, 3.05) is 13.3 Å². The van der Waals surface area contributed by atoms with Crippen LogP contribution in [0.25, 0.3) is 11.0 Å². The first-order valence-electron chi connectivity index (χ1n) is 7.78. The van der Waals surface area contributed by atoms with Crippen LogP contribution in [0.5, 0.6) is 11.5 Å². The van der Waals surface area contributed by atoms with Gasteiger partial charge in [0.05, 0.1) is 6.54 Å². The average molecular weight is 287 g/mol. The van der Waals surface area contributed by atoms with Gasteiger partial charge in [-0.15, -0.1) is 0 Å². The molecule has 4 nitrogen and oxygen atoms in total. The highest BCUT2D eigenvalue weighted by atomic mass is 16.7. The number of ether oxygens (including phenoxy) is 2. The van der Waals surface area contributed by atoms with Crippen molar-refractivity contribution < 1.29 is 13.9 Å². The minimum absolute atomic E-state index is 0.309. The molecule has 0 unspecified atom stereocenters. The Balaban J connectivity index is 1.70. The van der Waals surface area contributed by atoms with E-state index in [-0.39, 0.29) is 0 Å². The van der Waals surface area contributed by atoms with Gasteiger partial charge in [-0.05, 0) is 37.3 Å². The summed E-state index contributed by atoms with van der Waals surface area (Å²) in [6.07, 6.45) is 2.53. The molecule has 1 aromatic heterocycles. The summed E-state index contributed by atoms with van der Waals surface area (Å²) < 4.78 is 17.1. The van der Waals surface area contributed by atoms with Gasteiger partial charge in [-0.25, -0.2) is 0 Å². The number of rotatable bonds is 5. The molecule has 0 radical (unpaired) electrons. The van der Waals surface area contributed by atoms with E-state index >= 15 is 0 Å². The van der Waals surface area contributed by atoms with Gasteiger partial charge in [0.15, 0.2) is 11.5 Å². The van der Waals surface area contributed by atoms with Gasteiger partial charge >= 0.3 is 0 Å². The van der Waals surface area contributed by atoms with Crippen LogP contribution in [0.2, 0.25) is 0 Å². The molecule has 4 rings (SSSR count). The molecule has 0 saturated heterocycles. The molecule has 21 heavy (non-hydrogen) atoms. The topological polar surface area (TPSA) is 43.6 Å². The Kier molecular flexibility index (Phi) is 3.07. The highest BCUT2D eigenvalue weighted by molar-refractivity contribution is 5.87. The van der Waals surface area contributed by atoms with E-state index in [9.17, 15) is 0 Å². The van der Waals surface area contributed by atoms with Crippen LogP contribution >= 0.6 is 0 Å². The van der Waals surface area contributed by atoms with Gasteiger partial charge in [-0.1, -0.05) is 13.8 Å². The number of fused-ring (bicyclic) bond motifs is 2. The SMILES string of the molecule is CC(C)CNCc1oc2cc3c(cc2c1C1CC1)OCO3. The summed E-state index contributed by atoms with van der Waals surface area (Å²) in [6, 6.07) is 4.05. The van der Waals surface area contributed by atoms with Crippen molar-refractivity contribution in [3.63, 3.8) is 0 Å². The molecule has 1 aliphatic carbocycles. The van der Waals surface area contributed by atoms with Gasteiger partial charge in [-0.2, -0.15) is 0 Å². The van der Waals surface area contributed by atoms with E-state index < -0.39 is 0 Å². The molecule has 1 fully saturated rings.